The van der Waals surface area contributed by atoms with Gasteiger partial charge in [-0.05, 0) is 0 Å². The first-order valence-corrected chi connectivity index (χ1v) is 0.781. The van der Waals surface area contributed by atoms with Crippen molar-refractivity contribution in [3.63, 3.8) is 0 Å². The quantitative estimate of drug-likeness (QED) is 0.242. The molecule has 0 spiro atoms. The van der Waals surface area contributed by atoms with Gasteiger partial charge in [-0.15, -0.1) is 0 Å². The molecule has 0 fully saturated rings. The van der Waals surface area contributed by atoms with Crippen LogP contribution in [0, 0.1) is 0 Å². The van der Waals surface area contributed by atoms with E-state index in [0.29, 0.717) is 0 Å². The zero-order valence-corrected chi connectivity index (χ0v) is 5.06. The Morgan fingerprint density at radius 2 is 1.80 bits per heavy atom. The molecule has 1 N–H and O–H groups in total. The topological polar surface area (TPSA) is 43.3 Å². The van der Waals surface area contributed by atoms with Crippen LogP contribution in [0.25, 0.3) is 0 Å². The maximum absolute atomic E-state index is 8.89. The summed E-state index contributed by atoms with van der Waals surface area (Å²) in [6.45, 7) is 2.56. The summed E-state index contributed by atoms with van der Waals surface area (Å²) < 4.78 is 0. The van der Waals surface area contributed by atoms with Gasteiger partial charge in [-0.1, -0.05) is 6.58 Å². The van der Waals surface area contributed by atoms with Gasteiger partial charge in [0.2, 0.25) is 0 Å². The molecule has 3 heteroatoms. The second-order valence-electron chi connectivity index (χ2n) is 0.394. The first kappa shape index (κ1) is 9.02. The maximum Gasteiger partial charge on any atom is 1.00 e. The van der Waals surface area contributed by atoms with Crippen molar-refractivity contribution < 1.29 is 39.8 Å². The molecular weight excluding hydrogens is 79.0 g/mol. The Morgan fingerprint density at radius 1 is 1.80 bits per heavy atom. The van der Waals surface area contributed by atoms with Crippen LogP contribution in [0.1, 0.15) is 0 Å². The molecule has 0 aromatic rings. The van der Waals surface area contributed by atoms with E-state index < -0.39 is 5.95 Å². The Hall–Kier alpha value is 0.340. The molecular formula is C2H3NaO2. The van der Waals surface area contributed by atoms with Crippen LogP contribution >= 0.6 is 0 Å². The van der Waals surface area contributed by atoms with Crippen LogP contribution in [0.5, 0.6) is 0 Å². The summed E-state index contributed by atoms with van der Waals surface area (Å²) in [7, 11) is 0. The van der Waals surface area contributed by atoms with Gasteiger partial charge < -0.3 is 10.2 Å². The van der Waals surface area contributed by atoms with Crippen LogP contribution < -0.4 is 34.7 Å². The Bertz CT molecular complexity index is 30.6. The summed E-state index contributed by atoms with van der Waals surface area (Å²) in [4.78, 5) is 0. The van der Waals surface area contributed by atoms with Crippen LogP contribution in [0.4, 0.5) is 0 Å². The van der Waals surface area contributed by atoms with Crippen molar-refractivity contribution >= 4 is 0 Å². The van der Waals surface area contributed by atoms with Crippen molar-refractivity contribution in [3.8, 4) is 0 Å². The van der Waals surface area contributed by atoms with Crippen LogP contribution in [0.3, 0.4) is 0 Å². The largest absolute Gasteiger partial charge is 1.00 e. The predicted octanol–water partition coefficient (Wildman–Crippen LogP) is -3.62. The summed E-state index contributed by atoms with van der Waals surface area (Å²) in [6.07, 6.45) is 0. The Balaban J connectivity index is 0. The molecule has 0 aliphatic rings. The zero-order chi connectivity index (χ0) is 3.58. The van der Waals surface area contributed by atoms with Crippen molar-refractivity contribution in [2.45, 2.75) is 0 Å². The molecule has 0 aromatic carbocycles. The van der Waals surface area contributed by atoms with Gasteiger partial charge in [0.05, 0.1) is 0 Å². The van der Waals surface area contributed by atoms with Gasteiger partial charge in [0.1, 0.15) is 0 Å². The van der Waals surface area contributed by atoms with Gasteiger partial charge in [-0.2, -0.15) is 0 Å². The summed E-state index contributed by atoms with van der Waals surface area (Å²) in [6, 6.07) is 0. The van der Waals surface area contributed by atoms with Crippen LogP contribution in [-0.4, -0.2) is 5.11 Å². The molecule has 0 bridgehead atoms. The maximum atomic E-state index is 8.89. The molecule has 0 heterocycles. The number of hydrogen-bond donors (Lipinski definition) is 1. The first-order chi connectivity index (χ1) is 1.73. The Labute approximate surface area is 52.4 Å². The van der Waals surface area contributed by atoms with E-state index in [0.717, 1.165) is 0 Å². The van der Waals surface area contributed by atoms with Crippen LogP contribution in [0.2, 0.25) is 0 Å². The van der Waals surface area contributed by atoms with E-state index in [1.54, 1.807) is 0 Å². The number of rotatable bonds is 0. The molecule has 0 aromatic heterocycles. The normalized spacial score (nSPS) is 4.80. The van der Waals surface area contributed by atoms with E-state index in [9.17, 15) is 0 Å². The smallest absolute Gasteiger partial charge is 0.630 e. The van der Waals surface area contributed by atoms with Gasteiger partial charge in [-0.25, -0.2) is 0 Å². The molecule has 24 valence electrons. The second-order valence-corrected chi connectivity index (χ2v) is 0.394. The molecule has 0 radical (unpaired) electrons. The minimum atomic E-state index is -1.08. The fraction of sp³-hybridized carbons (Fsp3) is 0. The molecule has 0 aliphatic heterocycles. The third-order valence-corrected chi connectivity index (χ3v) is 0. The average Bonchev–Trinajstić information content (AvgIpc) is 0.811. The van der Waals surface area contributed by atoms with Crippen LogP contribution in [-0.2, 0) is 0 Å². The second kappa shape index (κ2) is 4.34. The van der Waals surface area contributed by atoms with E-state index in [1.165, 1.54) is 0 Å². The number of hydrogen-bond acceptors (Lipinski definition) is 2. The molecule has 0 unspecified atom stereocenters. The molecule has 2 nitrogen and oxygen atoms in total. The fourth-order valence-corrected chi connectivity index (χ4v) is 0. The average molecular weight is 82.0 g/mol. The van der Waals surface area contributed by atoms with Crippen molar-refractivity contribution in [1.82, 2.24) is 0 Å². The summed E-state index contributed by atoms with van der Waals surface area (Å²) >= 11 is 0. The SMILES string of the molecule is C=C([O-])O.[Na+]. The van der Waals surface area contributed by atoms with E-state index in [4.69, 9.17) is 10.2 Å². The Kier molecular flexibility index (Phi) is 7.83. The molecule has 5 heavy (non-hydrogen) atoms. The van der Waals surface area contributed by atoms with Gasteiger partial charge >= 0.3 is 29.6 Å². The molecule has 0 rings (SSSR count). The summed E-state index contributed by atoms with van der Waals surface area (Å²) in [5.74, 6) is -1.08. The third kappa shape index (κ3) is 206. The predicted molar refractivity (Wildman–Crippen MR) is 11.8 cm³/mol. The van der Waals surface area contributed by atoms with E-state index >= 15 is 0 Å². The standard InChI is InChI=1S/C2H4O2.Na/c1-2(3)4;/h3-4H,1H2;/q;+1/p-1. The monoisotopic (exact) mass is 82.0 g/mol. The zero-order valence-electron chi connectivity index (χ0n) is 3.06. The van der Waals surface area contributed by atoms with E-state index in [1.807, 2.05) is 0 Å². The van der Waals surface area contributed by atoms with Crippen molar-refractivity contribution in [2.75, 3.05) is 0 Å². The van der Waals surface area contributed by atoms with E-state index in [-0.39, 0.29) is 29.6 Å². The molecule has 0 atom stereocenters. The summed E-state index contributed by atoms with van der Waals surface area (Å²) in [5.41, 5.74) is 0. The molecule has 0 saturated heterocycles. The van der Waals surface area contributed by atoms with Gasteiger partial charge in [0.25, 0.3) is 0 Å². The molecule has 0 saturated carbocycles. The van der Waals surface area contributed by atoms with Gasteiger partial charge in [0, 0.05) is 5.95 Å². The number of aliphatic hydroxyl groups excluding tert-OH is 1. The first-order valence-electron chi connectivity index (χ1n) is 0.781. The van der Waals surface area contributed by atoms with Crippen LogP contribution in [0.15, 0.2) is 12.5 Å². The Morgan fingerprint density at radius 3 is 1.80 bits per heavy atom. The van der Waals surface area contributed by atoms with Crippen molar-refractivity contribution in [3.05, 3.63) is 12.5 Å². The van der Waals surface area contributed by atoms with Crippen molar-refractivity contribution in [2.24, 2.45) is 0 Å². The minimum Gasteiger partial charge on any atom is -0.630 e. The summed E-state index contributed by atoms with van der Waals surface area (Å²) in [5, 5.41) is 16.2. The fourth-order valence-electron chi connectivity index (χ4n) is 0. The van der Waals surface area contributed by atoms with Crippen molar-refractivity contribution in [1.29, 1.82) is 0 Å². The third-order valence-electron chi connectivity index (χ3n) is 0. The number of aliphatic hydroxyl groups is 1. The molecule has 0 aliphatic carbocycles. The van der Waals surface area contributed by atoms with Gasteiger partial charge in [0.15, 0.2) is 0 Å². The van der Waals surface area contributed by atoms with E-state index in [2.05, 4.69) is 6.58 Å². The minimum absolute atomic E-state index is 0. The molecule has 0 amide bonds. The van der Waals surface area contributed by atoms with Gasteiger partial charge in [-0.3, -0.25) is 0 Å².